The molecular weight excluding hydrogens is 243 g/mol. The standard InChI is InChI=1S/C15H21FN2O/c16-14-6-2-1-4-13(14)5-3-8-18-15(19)10-12-7-9-17-11-12/h1-2,4,6,12,17H,3,5,7-11H2,(H,18,19)/t12-/m1/s1. The fourth-order valence-corrected chi connectivity index (χ4v) is 2.43. The van der Waals surface area contributed by atoms with E-state index in [1.807, 2.05) is 6.07 Å². The van der Waals surface area contributed by atoms with Gasteiger partial charge >= 0.3 is 0 Å². The Hall–Kier alpha value is -1.42. The third kappa shape index (κ3) is 4.63. The molecule has 4 heteroatoms. The van der Waals surface area contributed by atoms with E-state index in [1.54, 1.807) is 12.1 Å². The summed E-state index contributed by atoms with van der Waals surface area (Å²) in [5, 5.41) is 6.16. The van der Waals surface area contributed by atoms with Gasteiger partial charge < -0.3 is 10.6 Å². The summed E-state index contributed by atoms with van der Waals surface area (Å²) in [5.74, 6) is 0.430. The number of hydrogen-bond acceptors (Lipinski definition) is 2. The van der Waals surface area contributed by atoms with E-state index < -0.39 is 0 Å². The Morgan fingerprint density at radius 1 is 1.42 bits per heavy atom. The molecule has 2 rings (SSSR count). The Morgan fingerprint density at radius 3 is 3.00 bits per heavy atom. The van der Waals surface area contributed by atoms with Crippen LogP contribution < -0.4 is 10.6 Å². The van der Waals surface area contributed by atoms with Crippen LogP contribution in [0.1, 0.15) is 24.8 Å². The molecular formula is C15H21FN2O. The second kappa shape index (κ2) is 7.24. The van der Waals surface area contributed by atoms with Crippen molar-refractivity contribution in [1.29, 1.82) is 0 Å². The molecule has 1 aromatic carbocycles. The fourth-order valence-electron chi connectivity index (χ4n) is 2.43. The molecule has 1 fully saturated rings. The highest BCUT2D eigenvalue weighted by Gasteiger charge is 2.17. The third-order valence-corrected chi connectivity index (χ3v) is 3.54. The predicted molar refractivity (Wildman–Crippen MR) is 73.3 cm³/mol. The van der Waals surface area contributed by atoms with Crippen LogP contribution >= 0.6 is 0 Å². The molecule has 19 heavy (non-hydrogen) atoms. The van der Waals surface area contributed by atoms with E-state index in [1.165, 1.54) is 6.07 Å². The van der Waals surface area contributed by atoms with Crippen LogP contribution in [0.15, 0.2) is 24.3 Å². The minimum absolute atomic E-state index is 0.113. The molecule has 0 saturated carbocycles. The number of benzene rings is 1. The zero-order valence-electron chi connectivity index (χ0n) is 11.1. The number of rotatable bonds is 6. The molecule has 1 saturated heterocycles. The maximum Gasteiger partial charge on any atom is 0.220 e. The van der Waals surface area contributed by atoms with Crippen LogP contribution in [0.3, 0.4) is 0 Å². The van der Waals surface area contributed by atoms with E-state index in [0.717, 1.165) is 31.5 Å². The molecule has 3 nitrogen and oxygen atoms in total. The summed E-state index contributed by atoms with van der Waals surface area (Å²) in [4.78, 5) is 11.7. The summed E-state index contributed by atoms with van der Waals surface area (Å²) >= 11 is 0. The molecule has 2 N–H and O–H groups in total. The third-order valence-electron chi connectivity index (χ3n) is 3.54. The lowest BCUT2D eigenvalue weighted by Gasteiger charge is -2.09. The van der Waals surface area contributed by atoms with E-state index in [9.17, 15) is 9.18 Å². The zero-order chi connectivity index (χ0) is 13.5. The Balaban J connectivity index is 1.61. The zero-order valence-corrected chi connectivity index (χ0v) is 11.1. The van der Waals surface area contributed by atoms with Crippen molar-refractivity contribution in [2.45, 2.75) is 25.7 Å². The number of carbonyl (C=O) groups is 1. The van der Waals surface area contributed by atoms with Gasteiger partial charge in [-0.1, -0.05) is 18.2 Å². The van der Waals surface area contributed by atoms with Crippen LogP contribution in [0.5, 0.6) is 0 Å². The monoisotopic (exact) mass is 264 g/mol. The van der Waals surface area contributed by atoms with E-state index in [2.05, 4.69) is 10.6 Å². The number of hydrogen-bond donors (Lipinski definition) is 2. The Kier molecular flexibility index (Phi) is 5.33. The highest BCUT2D eigenvalue weighted by Crippen LogP contribution is 2.12. The summed E-state index contributed by atoms with van der Waals surface area (Å²) in [6.45, 7) is 2.58. The SMILES string of the molecule is O=C(C[C@H]1CCNC1)NCCCc1ccccc1F. The molecule has 0 aromatic heterocycles. The van der Waals surface area contributed by atoms with E-state index in [0.29, 0.717) is 25.3 Å². The van der Waals surface area contributed by atoms with Gasteiger partial charge in [0, 0.05) is 13.0 Å². The highest BCUT2D eigenvalue weighted by atomic mass is 19.1. The molecule has 104 valence electrons. The van der Waals surface area contributed by atoms with Crippen molar-refractivity contribution in [3.63, 3.8) is 0 Å². The molecule has 1 heterocycles. The van der Waals surface area contributed by atoms with Crippen molar-refractivity contribution >= 4 is 5.91 Å². The van der Waals surface area contributed by atoms with E-state index >= 15 is 0 Å². The Labute approximate surface area is 113 Å². The molecule has 0 spiro atoms. The van der Waals surface area contributed by atoms with Crippen LogP contribution in [0.2, 0.25) is 0 Å². The normalized spacial score (nSPS) is 18.5. The first kappa shape index (κ1) is 14.0. The minimum atomic E-state index is -0.161. The van der Waals surface area contributed by atoms with E-state index in [-0.39, 0.29) is 11.7 Å². The van der Waals surface area contributed by atoms with Gasteiger partial charge in [-0.2, -0.15) is 0 Å². The molecule has 1 amide bonds. The van der Waals surface area contributed by atoms with Crippen molar-refractivity contribution in [3.05, 3.63) is 35.6 Å². The quantitative estimate of drug-likeness (QED) is 0.770. The van der Waals surface area contributed by atoms with Gasteiger partial charge in [0.1, 0.15) is 5.82 Å². The summed E-state index contributed by atoms with van der Waals surface area (Å²) in [6.07, 6.45) is 3.13. The van der Waals surface area contributed by atoms with Crippen LogP contribution in [-0.4, -0.2) is 25.5 Å². The molecule has 0 aliphatic carbocycles. The van der Waals surface area contributed by atoms with Gasteiger partial charge in [-0.3, -0.25) is 4.79 Å². The van der Waals surface area contributed by atoms with Gasteiger partial charge in [-0.25, -0.2) is 4.39 Å². The molecule has 1 atom stereocenters. The number of carbonyl (C=O) groups excluding carboxylic acids is 1. The molecule has 1 aliphatic heterocycles. The first-order chi connectivity index (χ1) is 9.25. The molecule has 1 aromatic rings. The van der Waals surface area contributed by atoms with Gasteiger partial charge in [0.15, 0.2) is 0 Å². The minimum Gasteiger partial charge on any atom is -0.356 e. The summed E-state index contributed by atoms with van der Waals surface area (Å²) in [6, 6.07) is 6.79. The van der Waals surface area contributed by atoms with E-state index in [4.69, 9.17) is 0 Å². The van der Waals surface area contributed by atoms with Crippen molar-refractivity contribution in [1.82, 2.24) is 10.6 Å². The average molecular weight is 264 g/mol. The molecule has 0 bridgehead atoms. The van der Waals surface area contributed by atoms with Gasteiger partial charge in [-0.15, -0.1) is 0 Å². The molecule has 0 radical (unpaired) electrons. The van der Waals surface area contributed by atoms with Gasteiger partial charge in [0.25, 0.3) is 0 Å². The second-order valence-corrected chi connectivity index (χ2v) is 5.11. The largest absolute Gasteiger partial charge is 0.356 e. The summed E-state index contributed by atoms with van der Waals surface area (Å²) in [7, 11) is 0. The highest BCUT2D eigenvalue weighted by molar-refractivity contribution is 5.76. The van der Waals surface area contributed by atoms with Crippen LogP contribution in [0, 0.1) is 11.7 Å². The lowest BCUT2D eigenvalue weighted by atomic mass is 10.0. The summed E-state index contributed by atoms with van der Waals surface area (Å²) in [5.41, 5.74) is 0.719. The van der Waals surface area contributed by atoms with Gasteiger partial charge in [0.2, 0.25) is 5.91 Å². The van der Waals surface area contributed by atoms with Gasteiger partial charge in [0.05, 0.1) is 0 Å². The van der Waals surface area contributed by atoms with Gasteiger partial charge in [-0.05, 0) is 49.9 Å². The summed E-state index contributed by atoms with van der Waals surface area (Å²) < 4.78 is 13.4. The fraction of sp³-hybridized carbons (Fsp3) is 0.533. The van der Waals surface area contributed by atoms with Crippen LogP contribution in [0.25, 0.3) is 0 Å². The van der Waals surface area contributed by atoms with Crippen molar-refractivity contribution < 1.29 is 9.18 Å². The van der Waals surface area contributed by atoms with Crippen molar-refractivity contribution in [3.8, 4) is 0 Å². The maximum atomic E-state index is 13.4. The first-order valence-corrected chi connectivity index (χ1v) is 6.96. The first-order valence-electron chi connectivity index (χ1n) is 6.96. The number of aryl methyl sites for hydroxylation is 1. The van der Waals surface area contributed by atoms with Crippen molar-refractivity contribution in [2.24, 2.45) is 5.92 Å². The number of halogens is 1. The average Bonchev–Trinajstić information content (AvgIpc) is 2.89. The number of nitrogens with one attached hydrogen (secondary N) is 2. The Morgan fingerprint density at radius 2 is 2.26 bits per heavy atom. The lowest BCUT2D eigenvalue weighted by Crippen LogP contribution is -2.27. The molecule has 0 unspecified atom stereocenters. The number of amides is 1. The Bertz CT molecular complexity index is 416. The van der Waals surface area contributed by atoms with Crippen LogP contribution in [-0.2, 0) is 11.2 Å². The maximum absolute atomic E-state index is 13.4. The smallest absolute Gasteiger partial charge is 0.220 e. The topological polar surface area (TPSA) is 41.1 Å². The molecule has 1 aliphatic rings. The lowest BCUT2D eigenvalue weighted by molar-refractivity contribution is -0.121. The second-order valence-electron chi connectivity index (χ2n) is 5.11. The van der Waals surface area contributed by atoms with Crippen molar-refractivity contribution in [2.75, 3.05) is 19.6 Å². The predicted octanol–water partition coefficient (Wildman–Crippen LogP) is 1.87. The van der Waals surface area contributed by atoms with Crippen LogP contribution in [0.4, 0.5) is 4.39 Å².